The van der Waals surface area contributed by atoms with Crippen molar-refractivity contribution in [2.24, 2.45) is 0 Å². The first-order valence-electron chi connectivity index (χ1n) is 6.72. The van der Waals surface area contributed by atoms with Gasteiger partial charge in [-0.1, -0.05) is 12.1 Å². The Kier molecular flexibility index (Phi) is 4.17. The van der Waals surface area contributed by atoms with Crippen LogP contribution in [0.15, 0.2) is 24.3 Å². The Morgan fingerprint density at radius 2 is 1.79 bits per heavy atom. The summed E-state index contributed by atoms with van der Waals surface area (Å²) >= 11 is 0. The largest absolute Gasteiger partial charge is 0.309 e. The first-order chi connectivity index (χ1) is 8.97. The van der Waals surface area contributed by atoms with Crippen LogP contribution in [0, 0.1) is 10.1 Å². The van der Waals surface area contributed by atoms with E-state index in [0.717, 1.165) is 18.7 Å². The highest BCUT2D eigenvalue weighted by Gasteiger charge is 2.25. The quantitative estimate of drug-likeness (QED) is 0.671. The number of nitrogens with one attached hydrogen (secondary N) is 1. The first kappa shape index (κ1) is 14.0. The molecule has 0 radical (unpaired) electrons. The van der Waals surface area contributed by atoms with Crippen molar-refractivity contribution in [1.29, 1.82) is 0 Å². The minimum absolute atomic E-state index is 0.151. The summed E-state index contributed by atoms with van der Waals surface area (Å²) < 4.78 is 0. The summed E-state index contributed by atoms with van der Waals surface area (Å²) in [6.07, 6.45) is 0. The molecule has 1 aromatic carbocycles. The van der Waals surface area contributed by atoms with E-state index in [4.69, 9.17) is 0 Å². The van der Waals surface area contributed by atoms with Crippen molar-refractivity contribution in [2.75, 3.05) is 13.1 Å². The molecular formula is C14H21N3O2. The van der Waals surface area contributed by atoms with Gasteiger partial charge in [-0.05, 0) is 26.3 Å². The Hall–Kier alpha value is -1.46. The zero-order valence-corrected chi connectivity index (χ0v) is 11.7. The average molecular weight is 263 g/mol. The van der Waals surface area contributed by atoms with Crippen LogP contribution in [0.3, 0.4) is 0 Å². The van der Waals surface area contributed by atoms with Gasteiger partial charge in [-0.2, -0.15) is 0 Å². The molecule has 1 fully saturated rings. The van der Waals surface area contributed by atoms with Crippen molar-refractivity contribution < 1.29 is 4.92 Å². The Balaban J connectivity index is 2.10. The molecule has 1 aromatic rings. The van der Waals surface area contributed by atoms with Gasteiger partial charge in [0.05, 0.1) is 4.92 Å². The van der Waals surface area contributed by atoms with Gasteiger partial charge in [0.15, 0.2) is 0 Å². The molecule has 0 spiro atoms. The maximum Gasteiger partial charge on any atom is 0.269 e. The third-order valence-electron chi connectivity index (χ3n) is 3.72. The highest BCUT2D eigenvalue weighted by Crippen LogP contribution is 2.24. The molecule has 1 N–H and O–H groups in total. The van der Waals surface area contributed by atoms with Gasteiger partial charge in [0, 0.05) is 43.3 Å². The minimum atomic E-state index is -0.358. The van der Waals surface area contributed by atoms with Gasteiger partial charge < -0.3 is 5.32 Å². The molecule has 0 amide bonds. The van der Waals surface area contributed by atoms with Gasteiger partial charge in [0.1, 0.15) is 0 Å². The predicted molar refractivity (Wildman–Crippen MR) is 75.1 cm³/mol. The molecule has 2 rings (SSSR count). The SMILES string of the molecule is CC1CN(C(C)c2ccc([N+](=O)[O-])cc2)CC(C)N1. The second kappa shape index (κ2) is 5.67. The molecule has 19 heavy (non-hydrogen) atoms. The Bertz CT molecular complexity index is 437. The molecule has 1 aliphatic heterocycles. The summed E-state index contributed by atoms with van der Waals surface area (Å²) in [4.78, 5) is 12.7. The van der Waals surface area contributed by atoms with E-state index >= 15 is 0 Å². The van der Waals surface area contributed by atoms with Crippen LogP contribution in [0.25, 0.3) is 0 Å². The van der Waals surface area contributed by atoms with E-state index in [-0.39, 0.29) is 16.7 Å². The van der Waals surface area contributed by atoms with Crippen LogP contribution in [-0.2, 0) is 0 Å². The van der Waals surface area contributed by atoms with Gasteiger partial charge in [-0.3, -0.25) is 15.0 Å². The molecule has 0 saturated carbocycles. The number of benzene rings is 1. The number of nitro groups is 1. The van der Waals surface area contributed by atoms with Gasteiger partial charge in [0.25, 0.3) is 5.69 Å². The molecule has 1 aliphatic rings. The Morgan fingerprint density at radius 3 is 2.26 bits per heavy atom. The lowest BCUT2D eigenvalue weighted by Gasteiger charge is -2.39. The number of rotatable bonds is 3. The van der Waals surface area contributed by atoms with Crippen molar-refractivity contribution in [2.45, 2.75) is 38.9 Å². The van der Waals surface area contributed by atoms with Crippen molar-refractivity contribution >= 4 is 5.69 Å². The van der Waals surface area contributed by atoms with Gasteiger partial charge in [-0.15, -0.1) is 0 Å². The van der Waals surface area contributed by atoms with Crippen molar-refractivity contribution in [1.82, 2.24) is 10.2 Å². The Labute approximate surface area is 113 Å². The van der Waals surface area contributed by atoms with Crippen LogP contribution in [0.4, 0.5) is 5.69 Å². The van der Waals surface area contributed by atoms with E-state index in [1.54, 1.807) is 12.1 Å². The lowest BCUT2D eigenvalue weighted by Crippen LogP contribution is -2.54. The van der Waals surface area contributed by atoms with Crippen LogP contribution in [0.2, 0.25) is 0 Å². The number of hydrogen-bond donors (Lipinski definition) is 1. The molecular weight excluding hydrogens is 242 g/mol. The van der Waals surface area contributed by atoms with E-state index in [1.807, 2.05) is 12.1 Å². The fourth-order valence-corrected chi connectivity index (χ4v) is 2.77. The second-order valence-corrected chi connectivity index (χ2v) is 5.45. The summed E-state index contributed by atoms with van der Waals surface area (Å²) in [5.74, 6) is 0. The fraction of sp³-hybridized carbons (Fsp3) is 0.571. The third-order valence-corrected chi connectivity index (χ3v) is 3.72. The highest BCUT2D eigenvalue weighted by atomic mass is 16.6. The summed E-state index contributed by atoms with van der Waals surface area (Å²) in [5, 5.41) is 14.2. The normalized spacial score (nSPS) is 26.1. The maximum atomic E-state index is 10.7. The van der Waals surface area contributed by atoms with E-state index in [2.05, 4.69) is 31.0 Å². The highest BCUT2D eigenvalue weighted by molar-refractivity contribution is 5.34. The lowest BCUT2D eigenvalue weighted by molar-refractivity contribution is -0.384. The van der Waals surface area contributed by atoms with Crippen LogP contribution >= 0.6 is 0 Å². The van der Waals surface area contributed by atoms with Gasteiger partial charge in [-0.25, -0.2) is 0 Å². The van der Waals surface area contributed by atoms with Gasteiger partial charge in [0.2, 0.25) is 0 Å². The first-order valence-corrected chi connectivity index (χ1v) is 6.72. The van der Waals surface area contributed by atoms with Crippen LogP contribution in [-0.4, -0.2) is 35.0 Å². The molecule has 5 nitrogen and oxygen atoms in total. The monoisotopic (exact) mass is 263 g/mol. The standard InChI is InChI=1S/C14H21N3O2/c1-10-8-16(9-11(2)15-10)12(3)13-4-6-14(7-5-13)17(18)19/h4-7,10-12,15H,8-9H2,1-3H3. The fourth-order valence-electron chi connectivity index (χ4n) is 2.77. The zero-order chi connectivity index (χ0) is 14.0. The van der Waals surface area contributed by atoms with Crippen molar-refractivity contribution in [3.63, 3.8) is 0 Å². The molecule has 3 unspecified atom stereocenters. The van der Waals surface area contributed by atoms with E-state index in [9.17, 15) is 10.1 Å². The number of non-ortho nitro benzene ring substituents is 1. The molecule has 104 valence electrons. The van der Waals surface area contributed by atoms with Gasteiger partial charge >= 0.3 is 0 Å². The van der Waals surface area contributed by atoms with E-state index < -0.39 is 0 Å². The van der Waals surface area contributed by atoms with Crippen LogP contribution in [0.5, 0.6) is 0 Å². The molecule has 0 aliphatic carbocycles. The number of nitro benzene ring substituents is 1. The number of piperazine rings is 1. The van der Waals surface area contributed by atoms with E-state index in [1.165, 1.54) is 0 Å². The zero-order valence-electron chi connectivity index (χ0n) is 11.7. The molecule has 0 bridgehead atoms. The van der Waals surface area contributed by atoms with Crippen LogP contribution in [0.1, 0.15) is 32.4 Å². The van der Waals surface area contributed by atoms with Crippen LogP contribution < -0.4 is 5.32 Å². The molecule has 5 heteroatoms. The minimum Gasteiger partial charge on any atom is -0.309 e. The summed E-state index contributed by atoms with van der Waals surface area (Å²) in [6.45, 7) is 8.54. The van der Waals surface area contributed by atoms with Crippen molar-refractivity contribution in [3.05, 3.63) is 39.9 Å². The Morgan fingerprint density at radius 1 is 1.26 bits per heavy atom. The lowest BCUT2D eigenvalue weighted by atomic mass is 10.0. The maximum absolute atomic E-state index is 10.7. The summed E-state index contributed by atoms with van der Waals surface area (Å²) in [5.41, 5.74) is 1.28. The van der Waals surface area contributed by atoms with E-state index in [0.29, 0.717) is 12.1 Å². The molecule has 3 atom stereocenters. The topological polar surface area (TPSA) is 58.4 Å². The summed E-state index contributed by atoms with van der Waals surface area (Å²) in [6, 6.07) is 8.13. The molecule has 0 aromatic heterocycles. The van der Waals surface area contributed by atoms with Crippen molar-refractivity contribution in [3.8, 4) is 0 Å². The average Bonchev–Trinajstić information content (AvgIpc) is 2.37. The molecule has 1 saturated heterocycles. The third kappa shape index (κ3) is 3.30. The second-order valence-electron chi connectivity index (χ2n) is 5.45. The predicted octanol–water partition coefficient (Wildman–Crippen LogP) is 2.34. The number of nitrogens with zero attached hydrogens (tertiary/aromatic N) is 2. The molecule has 1 heterocycles. The summed E-state index contributed by atoms with van der Waals surface area (Å²) in [7, 11) is 0. The smallest absolute Gasteiger partial charge is 0.269 e. The number of hydrogen-bond acceptors (Lipinski definition) is 4.